The van der Waals surface area contributed by atoms with Gasteiger partial charge in [-0.3, -0.25) is 9.99 Å². The molecule has 0 unspecified atom stereocenters. The van der Waals surface area contributed by atoms with Crippen molar-refractivity contribution in [3.8, 4) is 0 Å². The van der Waals surface area contributed by atoms with Crippen LogP contribution >= 0.6 is 11.8 Å². The Morgan fingerprint density at radius 1 is 1.53 bits per heavy atom. The number of aromatic nitrogens is 5. The summed E-state index contributed by atoms with van der Waals surface area (Å²) in [5.41, 5.74) is 3.04. The highest BCUT2D eigenvalue weighted by molar-refractivity contribution is 7.99. The van der Waals surface area contributed by atoms with Crippen LogP contribution in [0.4, 0.5) is 5.95 Å². The van der Waals surface area contributed by atoms with Crippen molar-refractivity contribution in [3.63, 3.8) is 0 Å². The highest BCUT2D eigenvalue weighted by Crippen LogP contribution is 2.27. The molecule has 0 aliphatic rings. The van der Waals surface area contributed by atoms with E-state index < -0.39 is 0 Å². The number of rotatable bonds is 4. The largest absolute Gasteiger partial charge is 0.344 e. The maximum absolute atomic E-state index is 11.6. The number of nitrogens with zero attached hydrogens (tertiary/aromatic N) is 4. The normalized spacial score (nSPS) is 11.0. The van der Waals surface area contributed by atoms with Gasteiger partial charge in [-0.05, 0) is 32.5 Å². The van der Waals surface area contributed by atoms with Gasteiger partial charge in [-0.25, -0.2) is 25.7 Å². The van der Waals surface area contributed by atoms with Crippen molar-refractivity contribution >= 4 is 17.7 Å². The first-order chi connectivity index (χ1) is 9.02. The minimum absolute atomic E-state index is 0.0167. The number of hydrogen-bond donors (Lipinski definition) is 3. The summed E-state index contributed by atoms with van der Waals surface area (Å²) < 4.78 is 1.57. The lowest BCUT2D eigenvalue weighted by Crippen LogP contribution is -2.19. The van der Waals surface area contributed by atoms with Gasteiger partial charge >= 0.3 is 5.69 Å². The second-order valence-electron chi connectivity index (χ2n) is 4.20. The zero-order valence-electron chi connectivity index (χ0n) is 10.8. The van der Waals surface area contributed by atoms with Gasteiger partial charge in [0, 0.05) is 17.8 Å². The molecule has 102 valence electrons. The smallest absolute Gasteiger partial charge is 0.292 e. The summed E-state index contributed by atoms with van der Waals surface area (Å²) in [5.74, 6) is 5.60. The molecule has 0 aromatic carbocycles. The van der Waals surface area contributed by atoms with E-state index in [9.17, 15) is 4.79 Å². The van der Waals surface area contributed by atoms with Crippen LogP contribution in [-0.2, 0) is 0 Å². The van der Waals surface area contributed by atoms with Gasteiger partial charge in [-0.1, -0.05) is 0 Å². The lowest BCUT2D eigenvalue weighted by atomic mass is 10.4. The first kappa shape index (κ1) is 13.6. The van der Waals surface area contributed by atoms with Gasteiger partial charge in [0.25, 0.3) is 0 Å². The van der Waals surface area contributed by atoms with Crippen molar-refractivity contribution in [2.45, 2.75) is 37.0 Å². The van der Waals surface area contributed by atoms with Gasteiger partial charge in [0.15, 0.2) is 5.16 Å². The van der Waals surface area contributed by atoms with Crippen molar-refractivity contribution in [2.75, 3.05) is 5.43 Å². The van der Waals surface area contributed by atoms with Crippen LogP contribution in [0.25, 0.3) is 0 Å². The molecule has 9 heteroatoms. The average Bonchev–Trinajstić information content (AvgIpc) is 2.73. The standard InChI is InChI=1S/C10H15N7OS/c1-5(2)17-9(18)15-16-10(17)19-7-6(3)4-12-8(13-7)14-11/h4-5H,11H2,1-3H3,(H,15,18)(H,12,13,14). The number of aromatic amines is 1. The molecule has 0 saturated carbocycles. The molecule has 2 rings (SSSR count). The summed E-state index contributed by atoms with van der Waals surface area (Å²) in [4.78, 5) is 19.9. The summed E-state index contributed by atoms with van der Waals surface area (Å²) in [6.07, 6.45) is 1.66. The third-order valence-corrected chi connectivity index (χ3v) is 3.51. The van der Waals surface area contributed by atoms with Crippen molar-refractivity contribution < 1.29 is 0 Å². The van der Waals surface area contributed by atoms with Crippen LogP contribution < -0.4 is 17.0 Å². The predicted molar refractivity (Wildman–Crippen MR) is 71.9 cm³/mol. The highest BCUT2D eigenvalue weighted by Gasteiger charge is 2.15. The average molecular weight is 281 g/mol. The minimum Gasteiger partial charge on any atom is -0.292 e. The van der Waals surface area contributed by atoms with Gasteiger partial charge in [0.05, 0.1) is 0 Å². The quantitative estimate of drug-likeness (QED) is 0.429. The van der Waals surface area contributed by atoms with Crippen LogP contribution in [0.3, 0.4) is 0 Å². The number of H-pyrrole nitrogens is 1. The van der Waals surface area contributed by atoms with E-state index in [1.165, 1.54) is 11.8 Å². The third kappa shape index (κ3) is 2.76. The van der Waals surface area contributed by atoms with E-state index in [0.717, 1.165) is 5.56 Å². The monoisotopic (exact) mass is 281 g/mol. The number of nitrogens with two attached hydrogens (primary N) is 1. The summed E-state index contributed by atoms with van der Waals surface area (Å²) in [6, 6.07) is 0.0167. The molecule has 0 bridgehead atoms. The van der Waals surface area contributed by atoms with E-state index in [4.69, 9.17) is 5.84 Å². The Morgan fingerprint density at radius 3 is 2.89 bits per heavy atom. The summed E-state index contributed by atoms with van der Waals surface area (Å²) in [7, 11) is 0. The predicted octanol–water partition coefficient (Wildman–Crippen LogP) is 0.688. The molecule has 0 aliphatic heterocycles. The molecule has 0 spiro atoms. The Kier molecular flexibility index (Phi) is 3.86. The molecule has 2 aromatic heterocycles. The number of nitrogens with one attached hydrogen (secondary N) is 2. The second kappa shape index (κ2) is 5.41. The Balaban J connectivity index is 2.39. The summed E-state index contributed by atoms with van der Waals surface area (Å²) in [5, 5.41) is 7.70. The molecule has 2 aromatic rings. The lowest BCUT2D eigenvalue weighted by Gasteiger charge is -2.09. The van der Waals surface area contributed by atoms with Gasteiger partial charge in [0.2, 0.25) is 5.95 Å². The number of hydrazine groups is 1. The topological polar surface area (TPSA) is 115 Å². The molecule has 2 heterocycles. The van der Waals surface area contributed by atoms with Crippen molar-refractivity contribution in [1.82, 2.24) is 24.7 Å². The molecule has 0 amide bonds. The molecule has 0 fully saturated rings. The summed E-state index contributed by atoms with van der Waals surface area (Å²) >= 11 is 1.29. The van der Waals surface area contributed by atoms with E-state index in [1.807, 2.05) is 20.8 Å². The number of hydrogen-bond acceptors (Lipinski definition) is 7. The van der Waals surface area contributed by atoms with Crippen LogP contribution in [0.1, 0.15) is 25.5 Å². The van der Waals surface area contributed by atoms with E-state index >= 15 is 0 Å². The first-order valence-electron chi connectivity index (χ1n) is 5.68. The van der Waals surface area contributed by atoms with E-state index in [2.05, 4.69) is 25.6 Å². The number of nitrogen functional groups attached to an aromatic ring is 1. The molecule has 19 heavy (non-hydrogen) atoms. The van der Waals surface area contributed by atoms with Gasteiger partial charge in [-0.15, -0.1) is 5.10 Å². The summed E-state index contributed by atoms with van der Waals surface area (Å²) in [6.45, 7) is 5.72. The lowest BCUT2D eigenvalue weighted by molar-refractivity contribution is 0.534. The maximum Gasteiger partial charge on any atom is 0.344 e. The fourth-order valence-electron chi connectivity index (χ4n) is 1.50. The molecular formula is C10H15N7OS. The van der Waals surface area contributed by atoms with E-state index in [0.29, 0.717) is 16.1 Å². The second-order valence-corrected chi connectivity index (χ2v) is 5.16. The molecule has 0 atom stereocenters. The van der Waals surface area contributed by atoms with Crippen LogP contribution in [0.15, 0.2) is 21.2 Å². The van der Waals surface area contributed by atoms with Crippen LogP contribution in [0.2, 0.25) is 0 Å². The van der Waals surface area contributed by atoms with E-state index in [-0.39, 0.29) is 11.7 Å². The fourth-order valence-corrected chi connectivity index (χ4v) is 2.51. The molecule has 0 radical (unpaired) electrons. The molecule has 8 nitrogen and oxygen atoms in total. The number of anilines is 1. The van der Waals surface area contributed by atoms with Gasteiger partial charge < -0.3 is 0 Å². The molecule has 0 aliphatic carbocycles. The van der Waals surface area contributed by atoms with Gasteiger partial charge in [0.1, 0.15) is 5.03 Å². The Labute approximate surface area is 113 Å². The van der Waals surface area contributed by atoms with Crippen LogP contribution in [0.5, 0.6) is 0 Å². The van der Waals surface area contributed by atoms with E-state index in [1.54, 1.807) is 10.8 Å². The third-order valence-electron chi connectivity index (χ3n) is 2.43. The van der Waals surface area contributed by atoms with Crippen molar-refractivity contribution in [1.29, 1.82) is 0 Å². The number of aryl methyl sites for hydroxylation is 1. The van der Waals surface area contributed by atoms with Crippen LogP contribution in [-0.4, -0.2) is 24.7 Å². The van der Waals surface area contributed by atoms with Crippen LogP contribution in [0, 0.1) is 6.92 Å². The molecule has 0 saturated heterocycles. The fraction of sp³-hybridized carbons (Fsp3) is 0.400. The SMILES string of the molecule is Cc1cnc(NN)nc1Sc1n[nH]c(=O)n1C(C)C. The minimum atomic E-state index is -0.235. The Bertz CT molecular complexity index is 633. The van der Waals surface area contributed by atoms with Crippen molar-refractivity contribution in [3.05, 3.63) is 22.2 Å². The zero-order valence-corrected chi connectivity index (χ0v) is 11.7. The van der Waals surface area contributed by atoms with Gasteiger partial charge in [-0.2, -0.15) is 0 Å². The first-order valence-corrected chi connectivity index (χ1v) is 6.49. The zero-order chi connectivity index (χ0) is 14.0. The maximum atomic E-state index is 11.6. The Hall–Kier alpha value is -1.87. The molecular weight excluding hydrogens is 266 g/mol. The molecule has 4 N–H and O–H groups in total. The van der Waals surface area contributed by atoms with Crippen molar-refractivity contribution in [2.24, 2.45) is 5.84 Å². The highest BCUT2D eigenvalue weighted by atomic mass is 32.2. The Morgan fingerprint density at radius 2 is 2.26 bits per heavy atom.